The molecule has 104 valence electrons. The first kappa shape index (κ1) is 16.9. The van der Waals surface area contributed by atoms with Gasteiger partial charge in [-0.15, -0.1) is 0 Å². The number of rotatable bonds is 0. The van der Waals surface area contributed by atoms with Crippen LogP contribution in [0.15, 0.2) is 12.1 Å². The lowest BCUT2D eigenvalue weighted by molar-refractivity contribution is 0.565. The molecule has 0 aromatic carbocycles. The highest BCUT2D eigenvalue weighted by Crippen LogP contribution is 2.28. The summed E-state index contributed by atoms with van der Waals surface area (Å²) in [5, 5.41) is 0. The van der Waals surface area contributed by atoms with Gasteiger partial charge in [-0.1, -0.05) is 48.1 Å². The van der Waals surface area contributed by atoms with E-state index in [1.54, 1.807) is 0 Å². The van der Waals surface area contributed by atoms with E-state index in [4.69, 9.17) is 4.98 Å². The van der Waals surface area contributed by atoms with E-state index in [1.165, 1.54) is 29.9 Å². The van der Waals surface area contributed by atoms with Crippen LogP contribution in [0, 0.1) is 0 Å². The molecule has 1 aromatic rings. The van der Waals surface area contributed by atoms with Crippen molar-refractivity contribution in [2.45, 2.75) is 60.3 Å². The van der Waals surface area contributed by atoms with Crippen molar-refractivity contribution in [2.24, 2.45) is 0 Å². The lowest BCUT2D eigenvalue weighted by Crippen LogP contribution is -2.27. The highest BCUT2D eigenvalue weighted by atomic mass is 15.2. The van der Waals surface area contributed by atoms with Crippen molar-refractivity contribution in [3.63, 3.8) is 0 Å². The van der Waals surface area contributed by atoms with Crippen molar-refractivity contribution in [2.75, 3.05) is 18.5 Å². The van der Waals surface area contributed by atoms with Crippen molar-refractivity contribution in [3.05, 3.63) is 23.4 Å². The molecule has 0 aliphatic carbocycles. The summed E-state index contributed by atoms with van der Waals surface area (Å²) < 4.78 is 0. The Morgan fingerprint density at radius 2 is 1.78 bits per heavy atom. The average Bonchev–Trinajstić information content (AvgIpc) is 2.30. The van der Waals surface area contributed by atoms with Crippen LogP contribution < -0.4 is 4.90 Å². The molecule has 18 heavy (non-hydrogen) atoms. The fraction of sp³-hybridized carbons (Fsp3) is 0.688. The number of hydrogen-bond acceptors (Lipinski definition) is 2. The van der Waals surface area contributed by atoms with Crippen LogP contribution in [0.1, 0.15) is 59.7 Å². The predicted octanol–water partition coefficient (Wildman–Crippen LogP) is 4.42. The maximum absolute atomic E-state index is 4.79. The van der Waals surface area contributed by atoms with Crippen molar-refractivity contribution in [3.8, 4) is 0 Å². The first-order valence-corrected chi connectivity index (χ1v) is 6.70. The molecule has 0 radical (unpaired) electrons. The fourth-order valence-corrected chi connectivity index (χ4v) is 2.03. The zero-order valence-corrected chi connectivity index (χ0v) is 12.2. The molecule has 0 saturated heterocycles. The third kappa shape index (κ3) is 3.72. The molecule has 0 atom stereocenters. The maximum Gasteiger partial charge on any atom is 0.131 e. The molecular weight excluding hydrogens is 220 g/mol. The summed E-state index contributed by atoms with van der Waals surface area (Å²) in [6, 6.07) is 4.43. The molecule has 2 heterocycles. The molecule has 0 saturated carbocycles. The molecular formula is C16H30N2. The van der Waals surface area contributed by atoms with E-state index in [1.807, 2.05) is 13.8 Å². The molecule has 1 aromatic heterocycles. The normalized spacial score (nSPS) is 14.0. The van der Waals surface area contributed by atoms with Crippen molar-refractivity contribution < 1.29 is 0 Å². The zero-order valence-electron chi connectivity index (χ0n) is 12.2. The van der Waals surface area contributed by atoms with Crippen LogP contribution >= 0.6 is 0 Å². The van der Waals surface area contributed by atoms with Crippen LogP contribution in [-0.2, 0) is 11.8 Å². The van der Waals surface area contributed by atoms with Gasteiger partial charge >= 0.3 is 0 Å². The SMILES string of the molecule is C.CC.CN1CCCc2ccc(C(C)(C)C)nc21. The van der Waals surface area contributed by atoms with Crippen molar-refractivity contribution >= 4 is 5.82 Å². The molecule has 1 aliphatic rings. The minimum absolute atomic E-state index is 0. The summed E-state index contributed by atoms with van der Waals surface area (Å²) in [5.74, 6) is 1.19. The van der Waals surface area contributed by atoms with Crippen LogP contribution in [0.5, 0.6) is 0 Å². The number of nitrogens with zero attached hydrogens (tertiary/aromatic N) is 2. The predicted molar refractivity (Wildman–Crippen MR) is 82.6 cm³/mol. The molecule has 0 spiro atoms. The number of fused-ring (bicyclic) bond motifs is 1. The van der Waals surface area contributed by atoms with Gasteiger partial charge in [0.1, 0.15) is 5.82 Å². The van der Waals surface area contributed by atoms with Gasteiger partial charge in [0.2, 0.25) is 0 Å². The number of hydrogen-bond donors (Lipinski definition) is 0. The maximum atomic E-state index is 4.79. The van der Waals surface area contributed by atoms with Crippen molar-refractivity contribution in [1.29, 1.82) is 0 Å². The van der Waals surface area contributed by atoms with Crippen LogP contribution in [0.4, 0.5) is 5.82 Å². The van der Waals surface area contributed by atoms with E-state index in [2.05, 4.69) is 44.9 Å². The van der Waals surface area contributed by atoms with E-state index in [0.717, 1.165) is 6.54 Å². The first-order valence-electron chi connectivity index (χ1n) is 6.70. The molecule has 0 unspecified atom stereocenters. The van der Waals surface area contributed by atoms with E-state index in [0.29, 0.717) is 0 Å². The van der Waals surface area contributed by atoms with E-state index < -0.39 is 0 Å². The van der Waals surface area contributed by atoms with Gasteiger partial charge in [0, 0.05) is 24.7 Å². The average molecular weight is 250 g/mol. The number of anilines is 1. The molecule has 1 aliphatic heterocycles. The van der Waals surface area contributed by atoms with Crippen molar-refractivity contribution in [1.82, 2.24) is 4.98 Å². The third-order valence-corrected chi connectivity index (χ3v) is 3.03. The van der Waals surface area contributed by atoms with Gasteiger partial charge in [0.05, 0.1) is 0 Å². The molecule has 2 rings (SSSR count). The van der Waals surface area contributed by atoms with Gasteiger partial charge in [-0.3, -0.25) is 0 Å². The van der Waals surface area contributed by atoms with Crippen LogP contribution in [0.2, 0.25) is 0 Å². The van der Waals surface area contributed by atoms with Crippen LogP contribution in [0.3, 0.4) is 0 Å². The Labute approximate surface area is 113 Å². The van der Waals surface area contributed by atoms with Crippen LogP contribution in [0.25, 0.3) is 0 Å². The summed E-state index contributed by atoms with van der Waals surface area (Å²) in [6.07, 6.45) is 2.43. The lowest BCUT2D eigenvalue weighted by Gasteiger charge is -2.28. The summed E-state index contributed by atoms with van der Waals surface area (Å²) in [4.78, 5) is 7.06. The Morgan fingerprint density at radius 1 is 1.17 bits per heavy atom. The smallest absolute Gasteiger partial charge is 0.131 e. The number of aromatic nitrogens is 1. The monoisotopic (exact) mass is 250 g/mol. The van der Waals surface area contributed by atoms with Gasteiger partial charge in [-0.05, 0) is 24.5 Å². The van der Waals surface area contributed by atoms with Gasteiger partial charge in [0.15, 0.2) is 0 Å². The quantitative estimate of drug-likeness (QED) is 0.677. The Morgan fingerprint density at radius 3 is 2.33 bits per heavy atom. The first-order chi connectivity index (χ1) is 7.98. The summed E-state index contributed by atoms with van der Waals surface area (Å²) in [7, 11) is 2.14. The molecule has 0 N–H and O–H groups in total. The number of aryl methyl sites for hydroxylation is 1. The van der Waals surface area contributed by atoms with Gasteiger partial charge in [-0.25, -0.2) is 4.98 Å². The molecule has 0 fully saturated rings. The second kappa shape index (κ2) is 6.77. The highest BCUT2D eigenvalue weighted by molar-refractivity contribution is 5.49. The summed E-state index contributed by atoms with van der Waals surface area (Å²) in [5.41, 5.74) is 2.74. The topological polar surface area (TPSA) is 16.1 Å². The third-order valence-electron chi connectivity index (χ3n) is 3.03. The Bertz CT molecular complexity index is 364. The Hall–Kier alpha value is -1.05. The summed E-state index contributed by atoms with van der Waals surface area (Å²) >= 11 is 0. The number of pyridine rings is 1. The minimum Gasteiger partial charge on any atom is -0.359 e. The second-order valence-electron chi connectivity index (χ2n) is 5.45. The van der Waals surface area contributed by atoms with E-state index in [-0.39, 0.29) is 12.8 Å². The van der Waals surface area contributed by atoms with E-state index >= 15 is 0 Å². The minimum atomic E-state index is 0. The molecule has 2 nitrogen and oxygen atoms in total. The fourth-order valence-electron chi connectivity index (χ4n) is 2.03. The highest BCUT2D eigenvalue weighted by Gasteiger charge is 2.20. The van der Waals surface area contributed by atoms with Crippen LogP contribution in [-0.4, -0.2) is 18.6 Å². The molecule has 0 amide bonds. The second-order valence-corrected chi connectivity index (χ2v) is 5.45. The zero-order chi connectivity index (χ0) is 13.1. The van der Waals surface area contributed by atoms with E-state index in [9.17, 15) is 0 Å². The Balaban J connectivity index is 0.000000917. The summed E-state index contributed by atoms with van der Waals surface area (Å²) in [6.45, 7) is 11.8. The molecule has 0 bridgehead atoms. The van der Waals surface area contributed by atoms with Gasteiger partial charge in [-0.2, -0.15) is 0 Å². The Kier molecular flexibility index (Phi) is 6.37. The molecule has 2 heteroatoms. The van der Waals surface area contributed by atoms with Gasteiger partial charge < -0.3 is 4.90 Å². The lowest BCUT2D eigenvalue weighted by atomic mass is 9.90. The standard InChI is InChI=1S/C13H20N2.C2H6.CH4/c1-13(2,3)11-8-7-10-6-5-9-15(4)12(10)14-11;1-2;/h7-8H,5-6,9H2,1-4H3;1-2H3;1H4. The largest absolute Gasteiger partial charge is 0.359 e. The van der Waals surface area contributed by atoms with Gasteiger partial charge in [0.25, 0.3) is 0 Å².